The molecule has 2 rings (SSSR count). The van der Waals surface area contributed by atoms with E-state index in [0.29, 0.717) is 13.2 Å². The molecule has 15 heavy (non-hydrogen) atoms. The number of hydrogen-bond acceptors (Lipinski definition) is 3. The monoisotopic (exact) mass is 219 g/mol. The van der Waals surface area contributed by atoms with E-state index in [9.17, 15) is 0 Å². The molecule has 0 saturated heterocycles. The normalized spacial score (nSPS) is 10.2. The molecule has 0 saturated carbocycles. The molecular weight excluding hydrogens is 206 g/mol. The lowest BCUT2D eigenvalue weighted by atomic mass is 10.2. The lowest BCUT2D eigenvalue weighted by Gasteiger charge is -2.04. The molecule has 0 unspecified atom stereocenters. The largest absolute Gasteiger partial charge is 0.488 e. The topological polar surface area (TPSA) is 35.2 Å². The Labute approximate surface area is 93.3 Å². The molecule has 2 N–H and O–H groups in total. The molecular formula is C12H13NOS. The zero-order valence-corrected chi connectivity index (χ0v) is 9.17. The molecule has 1 heterocycles. The Morgan fingerprint density at radius 1 is 1.13 bits per heavy atom. The number of hydrogen-bond donors (Lipinski definition) is 1. The van der Waals surface area contributed by atoms with E-state index in [1.165, 1.54) is 4.88 Å². The fourth-order valence-electron chi connectivity index (χ4n) is 1.27. The van der Waals surface area contributed by atoms with Crippen molar-refractivity contribution in [3.05, 3.63) is 52.2 Å². The van der Waals surface area contributed by atoms with Crippen LogP contribution >= 0.6 is 11.3 Å². The van der Waals surface area contributed by atoms with Crippen LogP contribution in [0.15, 0.2) is 41.8 Å². The predicted molar refractivity (Wildman–Crippen MR) is 63.0 cm³/mol. The van der Waals surface area contributed by atoms with Gasteiger partial charge < -0.3 is 10.5 Å². The second-order valence-corrected chi connectivity index (χ2v) is 4.25. The molecule has 0 aliphatic rings. The molecule has 0 amide bonds. The standard InChI is InChI=1S/C12H13NOS/c13-8-10-3-5-11(6-4-10)14-9-12-2-1-7-15-12/h1-7H,8-9,13H2. The smallest absolute Gasteiger partial charge is 0.122 e. The average molecular weight is 219 g/mol. The van der Waals surface area contributed by atoms with Gasteiger partial charge in [0.25, 0.3) is 0 Å². The van der Waals surface area contributed by atoms with Crippen LogP contribution in [0.4, 0.5) is 0 Å². The van der Waals surface area contributed by atoms with Crippen LogP contribution in [0.25, 0.3) is 0 Å². The minimum Gasteiger partial charge on any atom is -0.488 e. The lowest BCUT2D eigenvalue weighted by molar-refractivity contribution is 0.310. The van der Waals surface area contributed by atoms with Gasteiger partial charge in [-0.1, -0.05) is 18.2 Å². The quantitative estimate of drug-likeness (QED) is 0.858. The molecule has 0 atom stereocenters. The highest BCUT2D eigenvalue weighted by molar-refractivity contribution is 7.09. The summed E-state index contributed by atoms with van der Waals surface area (Å²) in [6, 6.07) is 12.0. The summed E-state index contributed by atoms with van der Waals surface area (Å²) in [5, 5.41) is 2.05. The Kier molecular flexibility index (Phi) is 3.37. The first kappa shape index (κ1) is 10.2. The minimum absolute atomic E-state index is 0.575. The fourth-order valence-corrected chi connectivity index (χ4v) is 1.89. The van der Waals surface area contributed by atoms with E-state index in [-0.39, 0.29) is 0 Å². The van der Waals surface area contributed by atoms with Gasteiger partial charge in [0.1, 0.15) is 12.4 Å². The highest BCUT2D eigenvalue weighted by atomic mass is 32.1. The van der Waals surface area contributed by atoms with Gasteiger partial charge in [0.2, 0.25) is 0 Å². The Morgan fingerprint density at radius 2 is 1.93 bits per heavy atom. The van der Waals surface area contributed by atoms with Crippen molar-refractivity contribution in [3.8, 4) is 5.75 Å². The van der Waals surface area contributed by atoms with Crippen molar-refractivity contribution in [2.75, 3.05) is 0 Å². The molecule has 0 aliphatic carbocycles. The molecule has 0 spiro atoms. The van der Waals surface area contributed by atoms with E-state index in [4.69, 9.17) is 10.5 Å². The summed E-state index contributed by atoms with van der Waals surface area (Å²) in [6.07, 6.45) is 0. The Morgan fingerprint density at radius 3 is 2.53 bits per heavy atom. The van der Waals surface area contributed by atoms with E-state index in [1.54, 1.807) is 11.3 Å². The van der Waals surface area contributed by atoms with Crippen LogP contribution in [-0.4, -0.2) is 0 Å². The average Bonchev–Trinajstić information content (AvgIpc) is 2.80. The van der Waals surface area contributed by atoms with E-state index >= 15 is 0 Å². The van der Waals surface area contributed by atoms with Crippen LogP contribution in [0.3, 0.4) is 0 Å². The Hall–Kier alpha value is -1.32. The summed E-state index contributed by atoms with van der Waals surface area (Å²) in [6.45, 7) is 1.21. The van der Waals surface area contributed by atoms with Crippen molar-refractivity contribution in [2.24, 2.45) is 5.73 Å². The summed E-state index contributed by atoms with van der Waals surface area (Å²) in [7, 11) is 0. The fraction of sp³-hybridized carbons (Fsp3) is 0.167. The number of ether oxygens (including phenoxy) is 1. The van der Waals surface area contributed by atoms with Crippen LogP contribution in [0.5, 0.6) is 5.75 Å². The van der Waals surface area contributed by atoms with Gasteiger partial charge in [-0.25, -0.2) is 0 Å². The van der Waals surface area contributed by atoms with Crippen molar-refractivity contribution < 1.29 is 4.74 Å². The van der Waals surface area contributed by atoms with Crippen molar-refractivity contribution >= 4 is 11.3 Å². The molecule has 1 aromatic heterocycles. The summed E-state index contributed by atoms with van der Waals surface area (Å²) in [4.78, 5) is 1.23. The van der Waals surface area contributed by atoms with Gasteiger partial charge in [-0.05, 0) is 29.1 Å². The first-order valence-corrected chi connectivity index (χ1v) is 5.70. The number of rotatable bonds is 4. The number of benzene rings is 1. The Bertz CT molecular complexity index is 394. The molecule has 2 nitrogen and oxygen atoms in total. The SMILES string of the molecule is NCc1ccc(OCc2cccs2)cc1. The third-order valence-electron chi connectivity index (χ3n) is 2.12. The van der Waals surface area contributed by atoms with Crippen molar-refractivity contribution in [1.82, 2.24) is 0 Å². The van der Waals surface area contributed by atoms with Gasteiger partial charge in [-0.15, -0.1) is 11.3 Å². The first-order chi connectivity index (χ1) is 7.38. The molecule has 0 fully saturated rings. The van der Waals surface area contributed by atoms with Gasteiger partial charge in [0.05, 0.1) is 0 Å². The van der Waals surface area contributed by atoms with E-state index < -0.39 is 0 Å². The van der Waals surface area contributed by atoms with Crippen molar-refractivity contribution in [3.63, 3.8) is 0 Å². The summed E-state index contributed by atoms with van der Waals surface area (Å²) in [5.74, 6) is 0.889. The molecule has 2 aromatic rings. The van der Waals surface area contributed by atoms with E-state index in [1.807, 2.05) is 30.3 Å². The van der Waals surface area contributed by atoms with Crippen molar-refractivity contribution in [2.45, 2.75) is 13.2 Å². The van der Waals surface area contributed by atoms with Crippen LogP contribution < -0.4 is 10.5 Å². The lowest BCUT2D eigenvalue weighted by Crippen LogP contribution is -1.96. The van der Waals surface area contributed by atoms with Crippen molar-refractivity contribution in [1.29, 1.82) is 0 Å². The van der Waals surface area contributed by atoms with Crippen LogP contribution in [0.2, 0.25) is 0 Å². The second-order valence-electron chi connectivity index (χ2n) is 3.22. The molecule has 78 valence electrons. The molecule has 0 radical (unpaired) electrons. The number of nitrogens with two attached hydrogens (primary N) is 1. The zero-order chi connectivity index (χ0) is 10.5. The first-order valence-electron chi connectivity index (χ1n) is 4.82. The highest BCUT2D eigenvalue weighted by Gasteiger charge is 1.96. The highest BCUT2D eigenvalue weighted by Crippen LogP contribution is 2.16. The summed E-state index contributed by atoms with van der Waals surface area (Å²) >= 11 is 1.70. The Balaban J connectivity index is 1.93. The minimum atomic E-state index is 0.575. The summed E-state index contributed by atoms with van der Waals surface area (Å²) in [5.41, 5.74) is 6.64. The zero-order valence-electron chi connectivity index (χ0n) is 8.35. The van der Waals surface area contributed by atoms with E-state index in [0.717, 1.165) is 11.3 Å². The number of thiophene rings is 1. The van der Waals surface area contributed by atoms with Gasteiger partial charge >= 0.3 is 0 Å². The maximum atomic E-state index is 5.62. The van der Waals surface area contributed by atoms with Gasteiger partial charge in [-0.2, -0.15) is 0 Å². The second kappa shape index (κ2) is 4.96. The van der Waals surface area contributed by atoms with Crippen LogP contribution in [0.1, 0.15) is 10.4 Å². The predicted octanol–water partition coefficient (Wildman–Crippen LogP) is 2.79. The maximum Gasteiger partial charge on any atom is 0.122 e. The van der Waals surface area contributed by atoms with Gasteiger partial charge in [0.15, 0.2) is 0 Å². The van der Waals surface area contributed by atoms with Gasteiger partial charge in [0, 0.05) is 11.4 Å². The summed E-state index contributed by atoms with van der Waals surface area (Å²) < 4.78 is 5.62. The third kappa shape index (κ3) is 2.81. The van der Waals surface area contributed by atoms with Gasteiger partial charge in [-0.3, -0.25) is 0 Å². The molecule has 1 aromatic carbocycles. The molecule has 3 heteroatoms. The van der Waals surface area contributed by atoms with Crippen LogP contribution in [-0.2, 0) is 13.2 Å². The van der Waals surface area contributed by atoms with Crippen LogP contribution in [0, 0.1) is 0 Å². The third-order valence-corrected chi connectivity index (χ3v) is 2.97. The maximum absolute atomic E-state index is 5.62. The molecule has 0 bridgehead atoms. The van der Waals surface area contributed by atoms with E-state index in [2.05, 4.69) is 11.4 Å². The molecule has 0 aliphatic heterocycles.